The monoisotopic (exact) mass is 733 g/mol. The SMILES string of the molecule is CCCC[Si](C)(C)C(C)O[Si]1(C)CC1(C)CCCOCC(O)COCCCC(CC)(CC)[Si](C)(C)OC(C)(CC)[Si](C)(C)CCCC. The highest BCUT2D eigenvalue weighted by molar-refractivity contribution is 6.88. The molecule has 1 aliphatic heterocycles. The second-order valence-corrected chi connectivity index (χ2v) is 37.2. The largest absolute Gasteiger partial charge is 0.417 e. The number of hydrogen-bond acceptors (Lipinski definition) is 5. The number of unbranched alkanes of at least 4 members (excludes halogenated alkanes) is 2. The van der Waals surface area contributed by atoms with Crippen molar-refractivity contribution in [3.63, 3.8) is 0 Å². The highest BCUT2D eigenvalue weighted by Crippen LogP contribution is 2.66. The Morgan fingerprint density at radius 1 is 0.809 bits per heavy atom. The molecule has 0 aromatic rings. The molecule has 0 amide bonds. The number of hydrogen-bond donors (Lipinski definition) is 1. The summed E-state index contributed by atoms with van der Waals surface area (Å²) in [5.41, 5.74) is 0.451. The normalized spacial score (nSPS) is 23.5. The Morgan fingerprint density at radius 2 is 1.34 bits per heavy atom. The van der Waals surface area contributed by atoms with Gasteiger partial charge >= 0.3 is 0 Å². The van der Waals surface area contributed by atoms with E-state index in [0.717, 1.165) is 38.5 Å². The van der Waals surface area contributed by atoms with Crippen molar-refractivity contribution >= 4 is 32.8 Å². The van der Waals surface area contributed by atoms with Gasteiger partial charge < -0.3 is 23.4 Å². The van der Waals surface area contributed by atoms with E-state index in [2.05, 4.69) is 101 Å². The van der Waals surface area contributed by atoms with Crippen LogP contribution in [0.4, 0.5) is 0 Å². The van der Waals surface area contributed by atoms with Gasteiger partial charge in [-0.05, 0) is 81.7 Å². The van der Waals surface area contributed by atoms with Gasteiger partial charge in [0.2, 0.25) is 0 Å². The van der Waals surface area contributed by atoms with E-state index in [4.69, 9.17) is 18.3 Å². The van der Waals surface area contributed by atoms with E-state index in [1.165, 1.54) is 50.2 Å². The fraction of sp³-hybridized carbons (Fsp3) is 1.00. The first kappa shape index (κ1) is 45.7. The van der Waals surface area contributed by atoms with Gasteiger partial charge in [0.15, 0.2) is 16.6 Å². The van der Waals surface area contributed by atoms with Crippen molar-refractivity contribution in [3.8, 4) is 0 Å². The molecule has 1 heterocycles. The van der Waals surface area contributed by atoms with Gasteiger partial charge in [0, 0.05) is 24.2 Å². The van der Waals surface area contributed by atoms with Gasteiger partial charge in [-0.2, -0.15) is 0 Å². The van der Waals surface area contributed by atoms with Crippen LogP contribution < -0.4 is 0 Å². The van der Waals surface area contributed by atoms with Gasteiger partial charge in [-0.3, -0.25) is 0 Å². The first-order valence-electron chi connectivity index (χ1n) is 19.9. The van der Waals surface area contributed by atoms with E-state index >= 15 is 0 Å². The fourth-order valence-corrected chi connectivity index (χ4v) is 24.7. The zero-order valence-electron chi connectivity index (χ0n) is 34.5. The number of ether oxygens (including phenoxy) is 2. The maximum atomic E-state index is 10.5. The standard InChI is InChI=1S/C38H84O5Si4/c1-16-21-29-44(9,10)34(6)42-47(15)33-36(47,7)25-23-27-40-31-35(39)32-41-28-24-26-38(19-4,20-5)46(13,14)43-37(8,18-3)45(11,12)30-22-17-2/h34-35,39H,16-33H2,1-15H3. The van der Waals surface area contributed by atoms with Crippen molar-refractivity contribution in [2.45, 2.75) is 217 Å². The second-order valence-electron chi connectivity index (χ2n) is 18.0. The van der Waals surface area contributed by atoms with Crippen molar-refractivity contribution < 1.29 is 23.4 Å². The third kappa shape index (κ3) is 12.7. The molecule has 0 radical (unpaired) electrons. The van der Waals surface area contributed by atoms with Crippen LogP contribution in [0.2, 0.25) is 74.0 Å². The summed E-state index contributed by atoms with van der Waals surface area (Å²) in [5.74, 6) is 0. The van der Waals surface area contributed by atoms with Gasteiger partial charge in [0.05, 0.1) is 29.4 Å². The molecule has 0 saturated carbocycles. The molecule has 9 heteroatoms. The van der Waals surface area contributed by atoms with Crippen LogP contribution in [0, 0.1) is 0 Å². The Balaban J connectivity index is 2.46. The predicted molar refractivity (Wildman–Crippen MR) is 216 cm³/mol. The number of aliphatic hydroxyl groups excluding tert-OH is 1. The topological polar surface area (TPSA) is 57.2 Å². The van der Waals surface area contributed by atoms with E-state index in [1.807, 2.05) is 0 Å². The zero-order valence-corrected chi connectivity index (χ0v) is 38.5. The summed E-state index contributed by atoms with van der Waals surface area (Å²) < 4.78 is 26.2. The van der Waals surface area contributed by atoms with Crippen molar-refractivity contribution in [3.05, 3.63) is 0 Å². The van der Waals surface area contributed by atoms with Gasteiger partial charge in [-0.15, -0.1) is 0 Å². The van der Waals surface area contributed by atoms with Crippen LogP contribution in [-0.4, -0.2) is 81.4 Å². The molecule has 1 fully saturated rings. The van der Waals surface area contributed by atoms with Gasteiger partial charge in [-0.1, -0.05) is 118 Å². The summed E-state index contributed by atoms with van der Waals surface area (Å²) in [6.07, 6.45) is 12.4. The van der Waals surface area contributed by atoms with E-state index < -0.39 is 38.9 Å². The minimum Gasteiger partial charge on any atom is -0.417 e. The maximum absolute atomic E-state index is 10.5. The minimum atomic E-state index is -2.03. The highest BCUT2D eigenvalue weighted by atomic mass is 28.4. The molecular weight excluding hydrogens is 649 g/mol. The molecule has 0 spiro atoms. The van der Waals surface area contributed by atoms with Crippen LogP contribution in [0.5, 0.6) is 0 Å². The lowest BCUT2D eigenvalue weighted by Gasteiger charge is -2.53. The van der Waals surface area contributed by atoms with Crippen LogP contribution in [0.15, 0.2) is 0 Å². The average molecular weight is 733 g/mol. The summed E-state index contributed by atoms with van der Waals surface area (Å²) in [6.45, 7) is 38.5. The molecule has 0 aromatic heterocycles. The van der Waals surface area contributed by atoms with Crippen LogP contribution in [0.3, 0.4) is 0 Å². The van der Waals surface area contributed by atoms with Gasteiger partial charge in [-0.25, -0.2) is 0 Å². The number of aliphatic hydroxyl groups is 1. The van der Waals surface area contributed by atoms with Crippen LogP contribution >= 0.6 is 0 Å². The summed E-state index contributed by atoms with van der Waals surface area (Å²) in [7, 11) is -6.54. The summed E-state index contributed by atoms with van der Waals surface area (Å²) in [5, 5.41) is 11.2. The fourth-order valence-electron chi connectivity index (χ4n) is 8.19. The maximum Gasteiger partial charge on any atom is 0.195 e. The average Bonchev–Trinajstić information content (AvgIpc) is 3.54. The quantitative estimate of drug-likeness (QED) is 0.0641. The molecule has 47 heavy (non-hydrogen) atoms. The molecule has 5 unspecified atom stereocenters. The Hall–Kier alpha value is 0.668. The van der Waals surface area contributed by atoms with Crippen LogP contribution in [-0.2, 0) is 18.3 Å². The van der Waals surface area contributed by atoms with Crippen molar-refractivity contribution in [1.29, 1.82) is 0 Å². The smallest absolute Gasteiger partial charge is 0.195 e. The molecule has 5 atom stereocenters. The van der Waals surface area contributed by atoms with Crippen LogP contribution in [0.1, 0.15) is 126 Å². The van der Waals surface area contributed by atoms with E-state index in [9.17, 15) is 5.11 Å². The minimum absolute atomic E-state index is 0.0188. The molecule has 282 valence electrons. The summed E-state index contributed by atoms with van der Waals surface area (Å²) >= 11 is 0. The molecule has 0 aliphatic carbocycles. The summed E-state index contributed by atoms with van der Waals surface area (Å²) in [6, 6.07) is 3.99. The zero-order chi connectivity index (χ0) is 36.2. The van der Waals surface area contributed by atoms with Crippen molar-refractivity contribution in [2.75, 3.05) is 26.4 Å². The first-order valence-corrected chi connectivity index (χ1v) is 31.9. The molecule has 1 saturated heterocycles. The molecule has 5 nitrogen and oxygen atoms in total. The third-order valence-corrected chi connectivity index (χ3v) is 32.2. The lowest BCUT2D eigenvalue weighted by molar-refractivity contribution is -0.0207. The Bertz CT molecular complexity index is 882. The molecular formula is C38H84O5Si4. The van der Waals surface area contributed by atoms with Gasteiger partial charge in [0.25, 0.3) is 0 Å². The Kier molecular flexibility index (Phi) is 18.9. The Labute approximate surface area is 298 Å². The second kappa shape index (κ2) is 19.5. The third-order valence-electron chi connectivity index (χ3n) is 13.5. The summed E-state index contributed by atoms with van der Waals surface area (Å²) in [4.78, 5) is 0. The lowest BCUT2D eigenvalue weighted by atomic mass is 9.96. The van der Waals surface area contributed by atoms with E-state index in [-0.39, 0.29) is 10.3 Å². The molecule has 1 rings (SSSR count). The van der Waals surface area contributed by atoms with E-state index in [1.54, 1.807) is 0 Å². The molecule has 0 aromatic carbocycles. The predicted octanol–water partition coefficient (Wildman–Crippen LogP) is 11.7. The van der Waals surface area contributed by atoms with Crippen molar-refractivity contribution in [1.82, 2.24) is 0 Å². The molecule has 1 aliphatic rings. The van der Waals surface area contributed by atoms with E-state index in [0.29, 0.717) is 37.2 Å². The number of rotatable bonds is 28. The first-order chi connectivity index (χ1) is 21.7. The lowest BCUT2D eigenvalue weighted by Crippen LogP contribution is -2.61. The van der Waals surface area contributed by atoms with Crippen molar-refractivity contribution in [2.24, 2.45) is 0 Å². The highest BCUT2D eigenvalue weighted by Gasteiger charge is 2.65. The Morgan fingerprint density at radius 3 is 1.85 bits per heavy atom. The van der Waals surface area contributed by atoms with Crippen LogP contribution in [0.25, 0.3) is 0 Å². The van der Waals surface area contributed by atoms with Gasteiger partial charge in [0.1, 0.15) is 6.10 Å². The molecule has 1 N–H and O–H groups in total. The molecule has 0 bridgehead atoms.